The lowest BCUT2D eigenvalue weighted by Crippen LogP contribution is -2.22. The number of hydrogen-bond acceptors (Lipinski definition) is 8. The number of esters is 1. The number of thiophene rings is 1. The largest absolute Gasteiger partial charge is 0.493 e. The van der Waals surface area contributed by atoms with E-state index >= 15 is 0 Å². The molecule has 2 N–H and O–H groups in total. The molecule has 0 aliphatic rings. The van der Waals surface area contributed by atoms with E-state index in [4.69, 9.17) is 18.9 Å². The summed E-state index contributed by atoms with van der Waals surface area (Å²) in [5.41, 5.74) is 1.69. The van der Waals surface area contributed by atoms with E-state index in [1.165, 1.54) is 33.5 Å². The lowest BCUT2D eigenvalue weighted by molar-refractivity contribution is 0.0527. The molecule has 0 aliphatic carbocycles. The second-order valence-corrected chi connectivity index (χ2v) is 8.54. The van der Waals surface area contributed by atoms with Gasteiger partial charge in [-0.15, -0.1) is 11.3 Å². The molecular formula is C26H28N2O7S. The molecule has 0 bridgehead atoms. The minimum absolute atomic E-state index is 0.132. The Hall–Kier alpha value is -4.05. The highest BCUT2D eigenvalue weighted by Crippen LogP contribution is 2.39. The Bertz CT molecular complexity index is 1230. The van der Waals surface area contributed by atoms with Gasteiger partial charge in [0.15, 0.2) is 11.5 Å². The average molecular weight is 513 g/mol. The van der Waals surface area contributed by atoms with Gasteiger partial charge >= 0.3 is 5.97 Å². The molecule has 3 rings (SSSR count). The van der Waals surface area contributed by atoms with E-state index in [2.05, 4.69) is 10.6 Å². The van der Waals surface area contributed by atoms with Crippen molar-refractivity contribution in [3.8, 4) is 17.2 Å². The predicted molar refractivity (Wildman–Crippen MR) is 137 cm³/mol. The molecule has 0 atom stereocenters. The van der Waals surface area contributed by atoms with Crippen molar-refractivity contribution in [3.05, 3.63) is 69.6 Å². The van der Waals surface area contributed by atoms with Crippen LogP contribution in [0, 0.1) is 6.92 Å². The van der Waals surface area contributed by atoms with Crippen LogP contribution in [-0.4, -0.2) is 45.7 Å². The number of methoxy groups -OCH3 is 3. The second-order valence-electron chi connectivity index (χ2n) is 7.52. The maximum atomic E-state index is 13.2. The van der Waals surface area contributed by atoms with Gasteiger partial charge < -0.3 is 29.6 Å². The van der Waals surface area contributed by atoms with E-state index in [9.17, 15) is 14.4 Å². The van der Waals surface area contributed by atoms with Gasteiger partial charge in [0.1, 0.15) is 5.00 Å². The van der Waals surface area contributed by atoms with Crippen molar-refractivity contribution in [2.75, 3.05) is 33.3 Å². The van der Waals surface area contributed by atoms with Crippen molar-refractivity contribution < 1.29 is 33.3 Å². The van der Waals surface area contributed by atoms with E-state index in [0.717, 1.165) is 16.9 Å². The van der Waals surface area contributed by atoms with Gasteiger partial charge in [0.2, 0.25) is 5.75 Å². The Balaban J connectivity index is 1.93. The zero-order chi connectivity index (χ0) is 26.2. The number of nitrogens with one attached hydrogen (secondary N) is 2. The number of rotatable bonds is 10. The molecule has 0 radical (unpaired) electrons. The van der Waals surface area contributed by atoms with Gasteiger partial charge in [-0.3, -0.25) is 9.59 Å². The molecule has 2 aromatic carbocycles. The molecule has 190 valence electrons. The van der Waals surface area contributed by atoms with Gasteiger partial charge in [-0.25, -0.2) is 4.79 Å². The van der Waals surface area contributed by atoms with E-state index < -0.39 is 11.9 Å². The molecule has 36 heavy (non-hydrogen) atoms. The maximum Gasteiger partial charge on any atom is 0.341 e. The number of amides is 2. The third-order valence-corrected chi connectivity index (χ3v) is 6.49. The molecule has 0 unspecified atom stereocenters. The first-order valence-electron chi connectivity index (χ1n) is 11.1. The lowest BCUT2D eigenvalue weighted by Gasteiger charge is -2.14. The number of benzene rings is 2. The molecule has 10 heteroatoms. The number of ether oxygens (including phenoxy) is 4. The smallest absolute Gasteiger partial charge is 0.341 e. The summed E-state index contributed by atoms with van der Waals surface area (Å²) in [5, 5.41) is 5.80. The summed E-state index contributed by atoms with van der Waals surface area (Å²) in [7, 11) is 4.35. The predicted octanol–water partition coefficient (Wildman–Crippen LogP) is 4.44. The van der Waals surface area contributed by atoms with Crippen LogP contribution in [-0.2, 0) is 11.3 Å². The summed E-state index contributed by atoms with van der Waals surface area (Å²) in [4.78, 5) is 39.2. The molecule has 3 aromatic rings. The van der Waals surface area contributed by atoms with Gasteiger partial charge in [-0.1, -0.05) is 30.3 Å². The van der Waals surface area contributed by atoms with E-state index in [1.807, 2.05) is 30.3 Å². The molecule has 9 nitrogen and oxygen atoms in total. The van der Waals surface area contributed by atoms with Gasteiger partial charge in [0, 0.05) is 12.1 Å². The lowest BCUT2D eigenvalue weighted by atomic mass is 10.1. The summed E-state index contributed by atoms with van der Waals surface area (Å²) >= 11 is 1.00. The van der Waals surface area contributed by atoms with Crippen LogP contribution in [0.1, 0.15) is 48.4 Å². The summed E-state index contributed by atoms with van der Waals surface area (Å²) in [6, 6.07) is 12.4. The van der Waals surface area contributed by atoms with Crippen molar-refractivity contribution >= 4 is 34.1 Å². The van der Waals surface area contributed by atoms with Crippen molar-refractivity contribution in [2.45, 2.75) is 20.4 Å². The van der Waals surface area contributed by atoms with Crippen molar-refractivity contribution in [1.82, 2.24) is 5.32 Å². The Morgan fingerprint density at radius 2 is 1.56 bits per heavy atom. The first kappa shape index (κ1) is 26.6. The van der Waals surface area contributed by atoms with Crippen LogP contribution in [0.25, 0.3) is 0 Å². The van der Waals surface area contributed by atoms with E-state index in [0.29, 0.717) is 34.2 Å². The van der Waals surface area contributed by atoms with Crippen LogP contribution >= 0.6 is 11.3 Å². The molecule has 0 saturated heterocycles. The van der Waals surface area contributed by atoms with Crippen molar-refractivity contribution in [3.63, 3.8) is 0 Å². The molecule has 1 heterocycles. The van der Waals surface area contributed by atoms with Crippen LogP contribution in [0.4, 0.5) is 5.00 Å². The molecule has 0 spiro atoms. The zero-order valence-corrected chi connectivity index (χ0v) is 21.5. The van der Waals surface area contributed by atoms with Crippen LogP contribution < -0.4 is 24.8 Å². The molecule has 1 aromatic heterocycles. The molecule has 0 aliphatic heterocycles. The molecule has 0 saturated carbocycles. The van der Waals surface area contributed by atoms with Gasteiger partial charge in [0.25, 0.3) is 11.8 Å². The third kappa shape index (κ3) is 5.77. The Morgan fingerprint density at radius 1 is 0.917 bits per heavy atom. The molecule has 2 amide bonds. The van der Waals surface area contributed by atoms with Gasteiger partial charge in [-0.05, 0) is 37.1 Å². The Labute approximate surface area is 213 Å². The number of carbonyl (C=O) groups is 3. The van der Waals surface area contributed by atoms with Gasteiger partial charge in [0.05, 0.1) is 38.4 Å². The van der Waals surface area contributed by atoms with Crippen LogP contribution in [0.5, 0.6) is 17.2 Å². The van der Waals surface area contributed by atoms with Crippen LogP contribution in [0.2, 0.25) is 0 Å². The quantitative estimate of drug-likeness (QED) is 0.386. The summed E-state index contributed by atoms with van der Waals surface area (Å²) in [6.45, 7) is 3.79. The first-order valence-corrected chi connectivity index (χ1v) is 11.9. The fraction of sp³-hybridized carbons (Fsp3) is 0.269. The summed E-state index contributed by atoms with van der Waals surface area (Å²) < 4.78 is 21.1. The number of hydrogen-bond donors (Lipinski definition) is 2. The molecular weight excluding hydrogens is 484 g/mol. The summed E-state index contributed by atoms with van der Waals surface area (Å²) in [6.07, 6.45) is 0. The standard InChI is InChI=1S/C26H28N2O7S/c1-6-35-26(31)20-15(2)22(24(30)27-14-16-10-8-7-9-11-16)36-25(20)28-23(29)17-12-18(32-3)21(34-5)19(13-17)33-4/h7-13H,6,14H2,1-5H3,(H,27,30)(H,28,29). The zero-order valence-electron chi connectivity index (χ0n) is 20.7. The third-order valence-electron chi connectivity index (χ3n) is 5.28. The van der Waals surface area contributed by atoms with Crippen LogP contribution in [0.15, 0.2) is 42.5 Å². The average Bonchev–Trinajstić information content (AvgIpc) is 3.22. The first-order chi connectivity index (χ1) is 17.3. The topological polar surface area (TPSA) is 112 Å². The van der Waals surface area contributed by atoms with Crippen LogP contribution in [0.3, 0.4) is 0 Å². The normalized spacial score (nSPS) is 10.4. The van der Waals surface area contributed by atoms with Crippen molar-refractivity contribution in [2.24, 2.45) is 0 Å². The number of carbonyl (C=O) groups excluding carboxylic acids is 3. The van der Waals surface area contributed by atoms with Gasteiger partial charge in [-0.2, -0.15) is 0 Å². The maximum absolute atomic E-state index is 13.2. The second kappa shape index (κ2) is 12.1. The SMILES string of the molecule is CCOC(=O)c1c(NC(=O)c2cc(OC)c(OC)c(OC)c2)sc(C(=O)NCc2ccccc2)c1C. The van der Waals surface area contributed by atoms with E-state index in [1.54, 1.807) is 13.8 Å². The summed E-state index contributed by atoms with van der Waals surface area (Å²) in [5.74, 6) is -0.578. The highest BCUT2D eigenvalue weighted by molar-refractivity contribution is 7.18. The molecule has 0 fully saturated rings. The fourth-order valence-corrected chi connectivity index (χ4v) is 4.62. The Kier molecular flexibility index (Phi) is 8.91. The number of anilines is 1. The minimum atomic E-state index is -0.631. The minimum Gasteiger partial charge on any atom is -0.493 e. The Morgan fingerprint density at radius 3 is 2.11 bits per heavy atom. The highest BCUT2D eigenvalue weighted by atomic mass is 32.1. The van der Waals surface area contributed by atoms with E-state index in [-0.39, 0.29) is 28.6 Å². The monoisotopic (exact) mass is 512 g/mol. The fourth-order valence-electron chi connectivity index (χ4n) is 3.51. The van der Waals surface area contributed by atoms with Crippen molar-refractivity contribution in [1.29, 1.82) is 0 Å². The highest BCUT2D eigenvalue weighted by Gasteiger charge is 2.27.